The smallest absolute Gasteiger partial charge is 0.302 e. The summed E-state index contributed by atoms with van der Waals surface area (Å²) in [5, 5.41) is 11.2. The van der Waals surface area contributed by atoms with Crippen LogP contribution in [0.2, 0.25) is 0 Å². The molecule has 150 valence electrons. The van der Waals surface area contributed by atoms with Crippen LogP contribution >= 0.6 is 0 Å². The van der Waals surface area contributed by atoms with Crippen LogP contribution in [-0.2, 0) is 14.3 Å². The first-order chi connectivity index (χ1) is 12.6. The fourth-order valence-electron chi connectivity index (χ4n) is 7.56. The Morgan fingerprint density at radius 1 is 1.07 bits per heavy atom. The van der Waals surface area contributed by atoms with E-state index < -0.39 is 5.60 Å². The highest BCUT2D eigenvalue weighted by atomic mass is 16.5. The summed E-state index contributed by atoms with van der Waals surface area (Å²) in [5.41, 5.74) is 0.235. The number of ketones is 1. The monoisotopic (exact) mass is 374 g/mol. The molecule has 1 N–H and O–H groups in total. The van der Waals surface area contributed by atoms with Crippen molar-refractivity contribution in [2.45, 2.75) is 90.8 Å². The van der Waals surface area contributed by atoms with Crippen molar-refractivity contribution in [3.8, 4) is 0 Å². The summed E-state index contributed by atoms with van der Waals surface area (Å²) in [6.07, 6.45) is 9.96. The van der Waals surface area contributed by atoms with Crippen LogP contribution < -0.4 is 0 Å². The highest BCUT2D eigenvalue weighted by Gasteiger charge is 2.65. The molecular weight excluding hydrogens is 340 g/mol. The van der Waals surface area contributed by atoms with Gasteiger partial charge in [-0.1, -0.05) is 25.5 Å². The molecule has 0 unspecified atom stereocenters. The van der Waals surface area contributed by atoms with Crippen molar-refractivity contribution in [1.29, 1.82) is 0 Å². The maximum atomic E-state index is 12.3. The highest BCUT2D eigenvalue weighted by molar-refractivity contribution is 5.86. The number of hydrogen-bond acceptors (Lipinski definition) is 4. The van der Waals surface area contributed by atoms with Crippen LogP contribution in [0.3, 0.4) is 0 Å². The number of carbonyl (C=O) groups is 2. The number of allylic oxidation sites excluding steroid dienone is 1. The first-order valence-corrected chi connectivity index (χ1v) is 10.7. The van der Waals surface area contributed by atoms with Gasteiger partial charge in [-0.05, 0) is 75.0 Å². The quantitative estimate of drug-likeness (QED) is 0.581. The molecular formula is C23H34O4. The Labute approximate surface area is 162 Å². The molecule has 4 nitrogen and oxygen atoms in total. The van der Waals surface area contributed by atoms with Crippen LogP contribution in [0.5, 0.6) is 0 Å². The van der Waals surface area contributed by atoms with Crippen molar-refractivity contribution < 1.29 is 19.4 Å². The van der Waals surface area contributed by atoms with Gasteiger partial charge in [0.15, 0.2) is 5.78 Å². The zero-order chi connectivity index (χ0) is 19.6. The average Bonchev–Trinajstić information content (AvgIpc) is 2.87. The van der Waals surface area contributed by atoms with Gasteiger partial charge < -0.3 is 9.84 Å². The van der Waals surface area contributed by atoms with E-state index in [9.17, 15) is 14.7 Å². The van der Waals surface area contributed by atoms with Crippen LogP contribution in [0.15, 0.2) is 11.6 Å². The van der Waals surface area contributed by atoms with E-state index in [0.717, 1.165) is 44.9 Å². The van der Waals surface area contributed by atoms with E-state index in [0.29, 0.717) is 24.2 Å². The third kappa shape index (κ3) is 2.58. The molecule has 3 fully saturated rings. The van der Waals surface area contributed by atoms with Crippen molar-refractivity contribution in [1.82, 2.24) is 0 Å². The van der Waals surface area contributed by atoms with Crippen molar-refractivity contribution in [2.75, 3.05) is 0 Å². The molecule has 0 amide bonds. The molecule has 0 aromatic rings. The predicted octanol–water partition coefficient (Wildman–Crippen LogP) is 4.20. The third-order valence-electron chi connectivity index (χ3n) is 9.13. The van der Waals surface area contributed by atoms with Gasteiger partial charge in [-0.2, -0.15) is 0 Å². The fraction of sp³-hybridized carbons (Fsp3) is 0.826. The van der Waals surface area contributed by atoms with E-state index >= 15 is 0 Å². The number of aliphatic hydroxyl groups is 1. The molecule has 27 heavy (non-hydrogen) atoms. The summed E-state index contributed by atoms with van der Waals surface area (Å²) >= 11 is 0. The second-order valence-electron chi connectivity index (χ2n) is 10.1. The van der Waals surface area contributed by atoms with E-state index in [1.807, 2.05) is 0 Å². The Kier molecular flexibility index (Phi) is 4.38. The summed E-state index contributed by atoms with van der Waals surface area (Å²) in [5.74, 6) is 1.36. The minimum Gasteiger partial charge on any atom is -0.462 e. The first-order valence-electron chi connectivity index (χ1n) is 10.7. The number of fused-ring (bicyclic) bond motifs is 5. The van der Waals surface area contributed by atoms with Crippen molar-refractivity contribution >= 4 is 11.8 Å². The Hall–Kier alpha value is -1.16. The zero-order valence-corrected chi connectivity index (χ0v) is 17.2. The number of carbonyl (C=O) groups excluding carboxylic acids is 2. The Balaban J connectivity index is 1.61. The lowest BCUT2D eigenvalue weighted by Gasteiger charge is -2.58. The van der Waals surface area contributed by atoms with Gasteiger partial charge in [0.05, 0.1) is 0 Å². The maximum absolute atomic E-state index is 12.3. The number of Topliss-reactive ketones (excluding diaryl/α,β-unsaturated/α-hetero) is 1. The zero-order valence-electron chi connectivity index (χ0n) is 17.2. The summed E-state index contributed by atoms with van der Waals surface area (Å²) in [6, 6.07) is 0. The fourth-order valence-corrected chi connectivity index (χ4v) is 7.56. The molecule has 7 atom stereocenters. The second-order valence-corrected chi connectivity index (χ2v) is 10.1. The van der Waals surface area contributed by atoms with E-state index in [-0.39, 0.29) is 28.7 Å². The standard InChI is InChI=1S/C23H34O4/c1-14(24)23(26)12-9-20-18-6-5-16-13-17(27-15(2)25)7-10-21(16,3)19(18)8-11-22(20,23)4/h5,17-20,26H,6-13H2,1-4H3/t17-,18-,19-,20-,21-,22-,23-/m0/s1. The summed E-state index contributed by atoms with van der Waals surface area (Å²) in [7, 11) is 0. The molecule has 4 aliphatic rings. The number of esters is 1. The Morgan fingerprint density at radius 2 is 1.78 bits per heavy atom. The van der Waals surface area contributed by atoms with E-state index in [1.54, 1.807) is 6.92 Å². The lowest BCUT2D eigenvalue weighted by molar-refractivity contribution is -0.160. The van der Waals surface area contributed by atoms with Crippen LogP contribution in [0.4, 0.5) is 0 Å². The van der Waals surface area contributed by atoms with Gasteiger partial charge in [-0.25, -0.2) is 0 Å². The maximum Gasteiger partial charge on any atom is 0.302 e. The summed E-state index contributed by atoms with van der Waals surface area (Å²) < 4.78 is 5.51. The van der Waals surface area contributed by atoms with E-state index in [4.69, 9.17) is 4.74 Å². The molecule has 0 aromatic heterocycles. The second kappa shape index (κ2) is 6.17. The highest BCUT2D eigenvalue weighted by Crippen LogP contribution is 2.67. The minimum absolute atomic E-state index is 0.0292. The van der Waals surface area contributed by atoms with E-state index in [2.05, 4.69) is 19.9 Å². The Morgan fingerprint density at radius 3 is 2.44 bits per heavy atom. The molecule has 0 spiro atoms. The molecule has 4 heteroatoms. The van der Waals surface area contributed by atoms with Gasteiger partial charge >= 0.3 is 5.97 Å². The number of ether oxygens (including phenoxy) is 1. The van der Waals surface area contributed by atoms with Crippen LogP contribution in [0.1, 0.15) is 79.1 Å². The average molecular weight is 375 g/mol. The van der Waals surface area contributed by atoms with Crippen molar-refractivity contribution in [2.24, 2.45) is 28.6 Å². The lowest BCUT2D eigenvalue weighted by atomic mass is 9.47. The topological polar surface area (TPSA) is 63.6 Å². The van der Waals surface area contributed by atoms with Gasteiger partial charge in [0.1, 0.15) is 11.7 Å². The molecule has 0 saturated heterocycles. The number of hydrogen-bond donors (Lipinski definition) is 1. The molecule has 0 aromatic carbocycles. The van der Waals surface area contributed by atoms with E-state index in [1.165, 1.54) is 12.5 Å². The molecule has 0 aliphatic heterocycles. The van der Waals surface area contributed by atoms with Gasteiger partial charge in [-0.3, -0.25) is 9.59 Å². The van der Waals surface area contributed by atoms with Gasteiger partial charge in [-0.15, -0.1) is 0 Å². The molecule has 0 bridgehead atoms. The third-order valence-corrected chi connectivity index (χ3v) is 9.13. The summed E-state index contributed by atoms with van der Waals surface area (Å²) in [4.78, 5) is 23.7. The SMILES string of the molecule is CC(=O)O[C@H]1CC[C@@]2(C)C(=CC[C@H]3[C@@H]2CC[C@@]2(C)[C@H]3CC[C@]2(O)C(C)=O)C1. The molecule has 0 heterocycles. The minimum atomic E-state index is -1.14. The van der Waals surface area contributed by atoms with Crippen molar-refractivity contribution in [3.05, 3.63) is 11.6 Å². The first kappa shape index (κ1) is 19.2. The molecule has 0 radical (unpaired) electrons. The number of rotatable bonds is 2. The largest absolute Gasteiger partial charge is 0.462 e. The van der Waals surface area contributed by atoms with Crippen LogP contribution in [0.25, 0.3) is 0 Å². The molecule has 4 rings (SSSR count). The van der Waals surface area contributed by atoms with Gasteiger partial charge in [0, 0.05) is 18.8 Å². The lowest BCUT2D eigenvalue weighted by Crippen LogP contribution is -2.57. The molecule has 3 saturated carbocycles. The van der Waals surface area contributed by atoms with Crippen LogP contribution in [0, 0.1) is 28.6 Å². The van der Waals surface area contributed by atoms with Gasteiger partial charge in [0.25, 0.3) is 0 Å². The van der Waals surface area contributed by atoms with Crippen LogP contribution in [-0.4, -0.2) is 28.6 Å². The van der Waals surface area contributed by atoms with Crippen molar-refractivity contribution in [3.63, 3.8) is 0 Å². The molecule has 4 aliphatic carbocycles. The predicted molar refractivity (Wildman–Crippen MR) is 103 cm³/mol. The summed E-state index contributed by atoms with van der Waals surface area (Å²) in [6.45, 7) is 7.64. The van der Waals surface area contributed by atoms with Gasteiger partial charge in [0.2, 0.25) is 0 Å². The normalized spacial score (nSPS) is 48.7. The Bertz CT molecular complexity index is 696.